The van der Waals surface area contributed by atoms with Gasteiger partial charge >= 0.3 is 0 Å². The molecule has 0 amide bonds. The first-order valence-corrected chi connectivity index (χ1v) is 9.55. The first-order chi connectivity index (χ1) is 12.2. The molecule has 2 aromatic rings. The maximum Gasteiger partial charge on any atom is 0.181 e. The second kappa shape index (κ2) is 8.66. The molecule has 4 nitrogen and oxygen atoms in total. The number of phenols is 3. The third-order valence-corrected chi connectivity index (χ3v) is 5.38. The molecule has 0 aliphatic rings. The summed E-state index contributed by atoms with van der Waals surface area (Å²) in [5.41, 5.74) is 1.04. The topological polar surface area (TPSA) is 69.9 Å². The van der Waals surface area contributed by atoms with Crippen molar-refractivity contribution >= 4 is 46.4 Å². The van der Waals surface area contributed by atoms with Crippen LogP contribution in [0.2, 0.25) is 20.1 Å². The van der Waals surface area contributed by atoms with Crippen LogP contribution < -0.4 is 4.74 Å². The number of phenolic OH excluding ortho intramolecular Hbond substituents is 3. The van der Waals surface area contributed by atoms with Gasteiger partial charge < -0.3 is 20.1 Å². The number of benzene rings is 2. The molecule has 0 unspecified atom stereocenters. The van der Waals surface area contributed by atoms with E-state index in [9.17, 15) is 15.3 Å². The van der Waals surface area contributed by atoms with Crippen LogP contribution in [0.5, 0.6) is 28.7 Å². The van der Waals surface area contributed by atoms with Crippen LogP contribution in [0.4, 0.5) is 0 Å². The monoisotopic (exact) mass is 438 g/mol. The van der Waals surface area contributed by atoms with E-state index in [2.05, 4.69) is 0 Å². The fourth-order valence-electron chi connectivity index (χ4n) is 2.56. The first-order valence-electron chi connectivity index (χ1n) is 8.03. The van der Waals surface area contributed by atoms with Gasteiger partial charge in [-0.1, -0.05) is 73.1 Å². The lowest BCUT2D eigenvalue weighted by Crippen LogP contribution is -1.97. The van der Waals surface area contributed by atoms with E-state index in [-0.39, 0.29) is 37.3 Å². The number of aromatic hydroxyl groups is 3. The van der Waals surface area contributed by atoms with Gasteiger partial charge in [0.05, 0.1) is 10.0 Å². The van der Waals surface area contributed by atoms with Crippen LogP contribution in [-0.4, -0.2) is 15.3 Å². The summed E-state index contributed by atoms with van der Waals surface area (Å²) < 4.78 is 5.78. The highest BCUT2D eigenvalue weighted by Crippen LogP contribution is 2.52. The van der Waals surface area contributed by atoms with E-state index in [0.29, 0.717) is 30.4 Å². The van der Waals surface area contributed by atoms with Gasteiger partial charge in [0.1, 0.15) is 15.8 Å². The third kappa shape index (κ3) is 3.89. The summed E-state index contributed by atoms with van der Waals surface area (Å²) in [5.74, 6) is -1.10. The van der Waals surface area contributed by atoms with Gasteiger partial charge in [0, 0.05) is 5.56 Å². The molecule has 0 fully saturated rings. The number of ether oxygens (including phenoxy) is 1. The molecule has 0 aliphatic heterocycles. The molecule has 26 heavy (non-hydrogen) atoms. The minimum atomic E-state index is -0.459. The van der Waals surface area contributed by atoms with E-state index >= 15 is 0 Å². The number of rotatable bonds is 6. The zero-order chi connectivity index (χ0) is 19.6. The predicted molar refractivity (Wildman–Crippen MR) is 106 cm³/mol. The largest absolute Gasteiger partial charge is 0.505 e. The molecule has 0 atom stereocenters. The van der Waals surface area contributed by atoms with Crippen molar-refractivity contribution in [3.8, 4) is 28.7 Å². The smallest absolute Gasteiger partial charge is 0.181 e. The van der Waals surface area contributed by atoms with Crippen molar-refractivity contribution < 1.29 is 20.1 Å². The van der Waals surface area contributed by atoms with E-state index in [4.69, 9.17) is 51.1 Å². The third-order valence-electron chi connectivity index (χ3n) is 3.83. The van der Waals surface area contributed by atoms with Crippen LogP contribution in [0.3, 0.4) is 0 Å². The van der Waals surface area contributed by atoms with Crippen molar-refractivity contribution in [1.82, 2.24) is 0 Å². The fourth-order valence-corrected chi connectivity index (χ4v) is 3.55. The van der Waals surface area contributed by atoms with Gasteiger partial charge in [-0.25, -0.2) is 0 Å². The quantitative estimate of drug-likeness (QED) is 0.448. The van der Waals surface area contributed by atoms with Gasteiger partial charge in [0.2, 0.25) is 0 Å². The Hall–Kier alpha value is -1.20. The van der Waals surface area contributed by atoms with Gasteiger partial charge in [-0.3, -0.25) is 0 Å². The molecule has 0 radical (unpaired) electrons. The van der Waals surface area contributed by atoms with Crippen molar-refractivity contribution in [3.63, 3.8) is 0 Å². The molecule has 142 valence electrons. The SMILES string of the molecule is CCCc1cc(Oc2c(O)c(Cl)c(O)c(Cl)c2CCC)c(Cl)c(O)c1Cl. The van der Waals surface area contributed by atoms with Crippen LogP contribution in [0.25, 0.3) is 0 Å². The Balaban J connectivity index is 2.65. The highest BCUT2D eigenvalue weighted by atomic mass is 35.5. The maximum absolute atomic E-state index is 10.4. The zero-order valence-electron chi connectivity index (χ0n) is 14.2. The highest BCUT2D eigenvalue weighted by Gasteiger charge is 2.25. The average Bonchev–Trinajstić information content (AvgIpc) is 2.62. The summed E-state index contributed by atoms with van der Waals surface area (Å²) in [5, 5.41) is 30.2. The number of hydrogen-bond acceptors (Lipinski definition) is 4. The molecule has 0 aromatic heterocycles. The average molecular weight is 440 g/mol. The van der Waals surface area contributed by atoms with Crippen LogP contribution in [0, 0.1) is 0 Å². The maximum atomic E-state index is 10.4. The lowest BCUT2D eigenvalue weighted by molar-refractivity contribution is 0.396. The lowest BCUT2D eigenvalue weighted by atomic mass is 10.1. The molecule has 8 heteroatoms. The normalized spacial score (nSPS) is 11.0. The van der Waals surface area contributed by atoms with Crippen LogP contribution in [-0.2, 0) is 12.8 Å². The van der Waals surface area contributed by atoms with Crippen LogP contribution in [0.15, 0.2) is 6.07 Å². The molecule has 3 N–H and O–H groups in total. The fraction of sp³-hybridized carbons (Fsp3) is 0.333. The molecule has 2 aromatic carbocycles. The van der Waals surface area contributed by atoms with Gasteiger partial charge in [-0.05, 0) is 24.5 Å². The standard InChI is InChI=1S/C18H18Cl4O4/c1-3-5-8-7-10(13(21)15(23)11(8)19)26-18-9(6-4-2)12(20)16(24)14(22)17(18)25/h7,23-25H,3-6H2,1-2H3. The predicted octanol–water partition coefficient (Wildman–Crippen LogP) is 7.11. The van der Waals surface area contributed by atoms with Crippen molar-refractivity contribution in [1.29, 1.82) is 0 Å². The molecule has 0 spiro atoms. The summed E-state index contributed by atoms with van der Waals surface area (Å²) in [6.07, 6.45) is 2.50. The van der Waals surface area contributed by atoms with E-state index < -0.39 is 11.5 Å². The second-order valence-electron chi connectivity index (χ2n) is 5.75. The first kappa shape index (κ1) is 21.1. The minimum Gasteiger partial charge on any atom is -0.505 e. The summed E-state index contributed by atoms with van der Waals surface area (Å²) in [7, 11) is 0. The van der Waals surface area contributed by atoms with E-state index in [1.807, 2.05) is 13.8 Å². The lowest BCUT2D eigenvalue weighted by Gasteiger charge is -2.18. The Morgan fingerprint density at radius 2 is 1.35 bits per heavy atom. The Kier molecular flexibility index (Phi) is 7.03. The number of hydrogen-bond donors (Lipinski definition) is 3. The molecule has 0 saturated heterocycles. The summed E-state index contributed by atoms with van der Waals surface area (Å²) in [4.78, 5) is 0. The molecule has 0 saturated carbocycles. The Morgan fingerprint density at radius 1 is 0.769 bits per heavy atom. The second-order valence-corrected chi connectivity index (χ2v) is 7.26. The molecular weight excluding hydrogens is 422 g/mol. The molecule has 0 bridgehead atoms. The molecular formula is C18H18Cl4O4. The minimum absolute atomic E-state index is 0.00672. The summed E-state index contributed by atoms with van der Waals surface area (Å²) in [6.45, 7) is 3.87. The number of halogens is 4. The van der Waals surface area contributed by atoms with Crippen LogP contribution in [0.1, 0.15) is 37.8 Å². The number of aryl methyl sites for hydroxylation is 1. The zero-order valence-corrected chi connectivity index (χ0v) is 17.2. The molecule has 0 heterocycles. The van der Waals surface area contributed by atoms with E-state index in [0.717, 1.165) is 6.42 Å². The molecule has 0 aliphatic carbocycles. The Morgan fingerprint density at radius 3 is 1.92 bits per heavy atom. The van der Waals surface area contributed by atoms with E-state index in [1.165, 1.54) is 0 Å². The molecule has 2 rings (SSSR count). The summed E-state index contributed by atoms with van der Waals surface area (Å²) >= 11 is 24.4. The van der Waals surface area contributed by atoms with Crippen molar-refractivity contribution in [3.05, 3.63) is 37.3 Å². The Labute approximate surface area is 171 Å². The van der Waals surface area contributed by atoms with Crippen molar-refractivity contribution in [2.24, 2.45) is 0 Å². The van der Waals surface area contributed by atoms with Crippen molar-refractivity contribution in [2.45, 2.75) is 39.5 Å². The van der Waals surface area contributed by atoms with Gasteiger partial charge in [0.15, 0.2) is 23.0 Å². The van der Waals surface area contributed by atoms with E-state index in [1.54, 1.807) is 6.07 Å². The van der Waals surface area contributed by atoms with Crippen LogP contribution >= 0.6 is 46.4 Å². The van der Waals surface area contributed by atoms with Crippen molar-refractivity contribution in [2.75, 3.05) is 0 Å². The van der Waals surface area contributed by atoms with Gasteiger partial charge in [-0.2, -0.15) is 0 Å². The Bertz CT molecular complexity index is 837. The van der Waals surface area contributed by atoms with Gasteiger partial charge in [0.25, 0.3) is 0 Å². The highest BCUT2D eigenvalue weighted by molar-refractivity contribution is 6.39. The summed E-state index contributed by atoms with van der Waals surface area (Å²) in [6, 6.07) is 1.59. The van der Waals surface area contributed by atoms with Gasteiger partial charge in [-0.15, -0.1) is 0 Å².